The number of carboxylic acid groups (broad SMARTS) is 1. The zero-order valence-corrected chi connectivity index (χ0v) is 19.8. The summed E-state index contributed by atoms with van der Waals surface area (Å²) in [5.74, 6) is 1.60. The van der Waals surface area contributed by atoms with Gasteiger partial charge in [0.1, 0.15) is 18.2 Å². The number of hydrogen-bond acceptors (Lipinski definition) is 7. The van der Waals surface area contributed by atoms with Crippen LogP contribution >= 0.6 is 15.9 Å². The molecule has 10 heteroatoms. The standard InChI is InChI=1S/C22H28BrN5O4/c1-26-6-2-4-14(26)13-32-21-24-17-12-16(23)15-5-3-11-31-19(15)18(17)20(25-21)27-7-9-28(10-8-27)22(29)30/h12,14H,2-11,13H2,1H3,(H,29,30)/t14-/m0/s1. The van der Waals surface area contributed by atoms with Gasteiger partial charge in [-0.2, -0.15) is 9.97 Å². The maximum Gasteiger partial charge on any atom is 0.407 e. The van der Waals surface area contributed by atoms with Gasteiger partial charge in [-0.3, -0.25) is 0 Å². The second-order valence-corrected chi connectivity index (χ2v) is 9.54. The molecule has 1 N–H and O–H groups in total. The van der Waals surface area contributed by atoms with Crippen LogP contribution in [0.3, 0.4) is 0 Å². The quantitative estimate of drug-likeness (QED) is 0.677. The molecule has 4 heterocycles. The first-order valence-corrected chi connectivity index (χ1v) is 12.0. The number of halogens is 1. The number of benzene rings is 1. The first kappa shape index (κ1) is 21.5. The van der Waals surface area contributed by atoms with E-state index in [4.69, 9.17) is 19.4 Å². The van der Waals surface area contributed by atoms with E-state index in [0.717, 1.165) is 58.3 Å². The molecule has 1 amide bonds. The normalized spacial score (nSPS) is 21.5. The molecule has 0 unspecified atom stereocenters. The lowest BCUT2D eigenvalue weighted by Gasteiger charge is -2.35. The van der Waals surface area contributed by atoms with Crippen LogP contribution in [0.5, 0.6) is 11.8 Å². The van der Waals surface area contributed by atoms with Gasteiger partial charge in [0.25, 0.3) is 0 Å². The Bertz CT molecular complexity index is 1030. The molecular weight excluding hydrogens is 478 g/mol. The Morgan fingerprint density at radius 3 is 2.78 bits per heavy atom. The average molecular weight is 506 g/mol. The smallest absolute Gasteiger partial charge is 0.407 e. The maximum atomic E-state index is 11.4. The molecule has 9 nitrogen and oxygen atoms in total. The van der Waals surface area contributed by atoms with E-state index in [1.165, 1.54) is 11.3 Å². The predicted octanol–water partition coefficient (Wildman–Crippen LogP) is 2.99. The van der Waals surface area contributed by atoms with Crippen LogP contribution in [0.2, 0.25) is 0 Å². The van der Waals surface area contributed by atoms with E-state index in [9.17, 15) is 9.90 Å². The van der Waals surface area contributed by atoms with Crippen molar-refractivity contribution in [2.24, 2.45) is 0 Å². The zero-order chi connectivity index (χ0) is 22.2. The van der Waals surface area contributed by atoms with Gasteiger partial charge in [-0.15, -0.1) is 0 Å². The molecule has 32 heavy (non-hydrogen) atoms. The molecule has 0 aliphatic carbocycles. The fourth-order valence-corrected chi connectivity index (χ4v) is 5.41. The topological polar surface area (TPSA) is 91.3 Å². The number of piperazine rings is 1. The van der Waals surface area contributed by atoms with Crippen LogP contribution in [0.1, 0.15) is 24.8 Å². The summed E-state index contributed by atoms with van der Waals surface area (Å²) in [6.07, 6.45) is 3.32. The second kappa shape index (κ2) is 8.90. The number of hydrogen-bond donors (Lipinski definition) is 1. The summed E-state index contributed by atoms with van der Waals surface area (Å²) in [4.78, 5) is 26.8. The van der Waals surface area contributed by atoms with Crippen molar-refractivity contribution in [2.45, 2.75) is 31.7 Å². The molecule has 0 bridgehead atoms. The SMILES string of the molecule is CN1CCC[C@H]1COc1nc(N2CCN(C(=O)O)CC2)c2c3c(c(Br)cc2n1)CCCO3. The summed E-state index contributed by atoms with van der Waals surface area (Å²) < 4.78 is 13.2. The molecule has 3 aliphatic rings. The van der Waals surface area contributed by atoms with Crippen LogP contribution in [0.25, 0.3) is 10.9 Å². The Labute approximate surface area is 195 Å². The van der Waals surface area contributed by atoms with E-state index < -0.39 is 6.09 Å². The van der Waals surface area contributed by atoms with E-state index in [1.807, 2.05) is 6.07 Å². The maximum absolute atomic E-state index is 11.4. The number of carbonyl (C=O) groups is 1. The van der Waals surface area contributed by atoms with Crippen LogP contribution in [0.4, 0.5) is 10.6 Å². The number of amides is 1. The summed E-state index contributed by atoms with van der Waals surface area (Å²) in [5, 5.41) is 10.2. The molecule has 5 rings (SSSR count). The number of ether oxygens (including phenoxy) is 2. The van der Waals surface area contributed by atoms with Gasteiger partial charge < -0.3 is 29.3 Å². The third-order valence-electron chi connectivity index (χ3n) is 6.69. The number of rotatable bonds is 4. The minimum atomic E-state index is -0.883. The van der Waals surface area contributed by atoms with Crippen molar-refractivity contribution >= 4 is 38.7 Å². The molecule has 172 valence electrons. The third-order valence-corrected chi connectivity index (χ3v) is 7.40. The summed E-state index contributed by atoms with van der Waals surface area (Å²) in [5.41, 5.74) is 1.91. The zero-order valence-electron chi connectivity index (χ0n) is 18.2. The highest BCUT2D eigenvalue weighted by atomic mass is 79.9. The van der Waals surface area contributed by atoms with Crippen LogP contribution in [-0.2, 0) is 6.42 Å². The monoisotopic (exact) mass is 505 g/mol. The lowest BCUT2D eigenvalue weighted by Crippen LogP contribution is -2.48. The second-order valence-electron chi connectivity index (χ2n) is 8.69. The minimum absolute atomic E-state index is 0.358. The number of anilines is 1. The van der Waals surface area contributed by atoms with Crippen LogP contribution < -0.4 is 14.4 Å². The van der Waals surface area contributed by atoms with Crippen molar-refractivity contribution in [3.63, 3.8) is 0 Å². The number of aromatic nitrogens is 2. The Hall–Kier alpha value is -2.33. The molecular formula is C22H28BrN5O4. The van der Waals surface area contributed by atoms with Crippen LogP contribution in [-0.4, -0.2) is 90.0 Å². The molecule has 2 aromatic rings. The molecule has 0 radical (unpaired) electrons. The van der Waals surface area contributed by atoms with Gasteiger partial charge in [-0.25, -0.2) is 4.79 Å². The van der Waals surface area contributed by atoms with Gasteiger partial charge in [0.05, 0.1) is 17.5 Å². The molecule has 1 aromatic heterocycles. The summed E-state index contributed by atoms with van der Waals surface area (Å²) in [6, 6.07) is 2.75. The van der Waals surface area contributed by atoms with Crippen molar-refractivity contribution < 1.29 is 19.4 Å². The van der Waals surface area contributed by atoms with Crippen molar-refractivity contribution in [3.05, 3.63) is 16.1 Å². The highest BCUT2D eigenvalue weighted by Crippen LogP contribution is 2.42. The van der Waals surface area contributed by atoms with Gasteiger partial charge >= 0.3 is 12.1 Å². The predicted molar refractivity (Wildman–Crippen MR) is 124 cm³/mol. The van der Waals surface area contributed by atoms with E-state index in [2.05, 4.69) is 32.8 Å². The number of fused-ring (bicyclic) bond motifs is 3. The Morgan fingerprint density at radius 2 is 2.06 bits per heavy atom. The minimum Gasteiger partial charge on any atom is -0.492 e. The van der Waals surface area contributed by atoms with E-state index >= 15 is 0 Å². The third kappa shape index (κ3) is 4.05. The molecule has 2 saturated heterocycles. The fraction of sp³-hybridized carbons (Fsp3) is 0.591. The van der Waals surface area contributed by atoms with Gasteiger partial charge in [-0.05, 0) is 45.3 Å². The first-order valence-electron chi connectivity index (χ1n) is 11.2. The molecule has 0 saturated carbocycles. The molecule has 3 aliphatic heterocycles. The van der Waals surface area contributed by atoms with Crippen molar-refractivity contribution in [2.75, 3.05) is 57.9 Å². The van der Waals surface area contributed by atoms with Crippen molar-refractivity contribution in [3.8, 4) is 11.8 Å². The van der Waals surface area contributed by atoms with E-state index in [-0.39, 0.29) is 0 Å². The summed E-state index contributed by atoms with van der Waals surface area (Å²) >= 11 is 3.70. The largest absolute Gasteiger partial charge is 0.492 e. The van der Waals surface area contributed by atoms with Crippen molar-refractivity contribution in [1.29, 1.82) is 0 Å². The van der Waals surface area contributed by atoms with E-state index in [1.54, 1.807) is 0 Å². The first-order chi connectivity index (χ1) is 15.5. The lowest BCUT2D eigenvalue weighted by atomic mass is 10.0. The number of likely N-dealkylation sites (N-methyl/N-ethyl adjacent to an activating group) is 1. The number of likely N-dealkylation sites (tertiary alicyclic amines) is 1. The van der Waals surface area contributed by atoms with Gasteiger partial charge in [0.15, 0.2) is 0 Å². The van der Waals surface area contributed by atoms with Gasteiger partial charge in [0, 0.05) is 42.3 Å². The Morgan fingerprint density at radius 1 is 1.25 bits per heavy atom. The lowest BCUT2D eigenvalue weighted by molar-refractivity contribution is 0.142. The molecule has 2 fully saturated rings. The van der Waals surface area contributed by atoms with E-state index in [0.29, 0.717) is 51.4 Å². The summed E-state index contributed by atoms with van der Waals surface area (Å²) in [7, 11) is 2.12. The Kier molecular flexibility index (Phi) is 5.98. The van der Waals surface area contributed by atoms with Crippen LogP contribution in [0, 0.1) is 0 Å². The van der Waals surface area contributed by atoms with Gasteiger partial charge in [0.2, 0.25) is 0 Å². The highest BCUT2D eigenvalue weighted by Gasteiger charge is 2.28. The van der Waals surface area contributed by atoms with Crippen molar-refractivity contribution in [1.82, 2.24) is 19.8 Å². The Balaban J connectivity index is 1.53. The highest BCUT2D eigenvalue weighted by molar-refractivity contribution is 9.10. The fourth-order valence-electron chi connectivity index (χ4n) is 4.81. The number of nitrogens with zero attached hydrogens (tertiary/aromatic N) is 5. The molecule has 1 aromatic carbocycles. The average Bonchev–Trinajstić information content (AvgIpc) is 3.22. The van der Waals surface area contributed by atoms with Gasteiger partial charge in [-0.1, -0.05) is 15.9 Å². The van der Waals surface area contributed by atoms with Crippen LogP contribution in [0.15, 0.2) is 10.5 Å². The molecule has 1 atom stereocenters. The molecule has 0 spiro atoms. The summed E-state index contributed by atoms with van der Waals surface area (Å²) in [6.45, 7) is 4.30.